The second-order valence-corrected chi connectivity index (χ2v) is 6.90. The van der Waals surface area contributed by atoms with Crippen molar-refractivity contribution in [1.29, 1.82) is 0 Å². The van der Waals surface area contributed by atoms with Crippen molar-refractivity contribution in [2.24, 2.45) is 0 Å². The molecule has 0 bridgehead atoms. The first-order chi connectivity index (χ1) is 8.95. The van der Waals surface area contributed by atoms with Gasteiger partial charge >= 0.3 is 0 Å². The van der Waals surface area contributed by atoms with Gasteiger partial charge in [0.15, 0.2) is 5.78 Å². The van der Waals surface area contributed by atoms with Gasteiger partial charge in [0.1, 0.15) is 0 Å². The number of sulfonamides is 1. The van der Waals surface area contributed by atoms with E-state index in [0.29, 0.717) is 18.5 Å². The van der Waals surface area contributed by atoms with E-state index in [1.54, 1.807) is 12.1 Å². The smallest absolute Gasteiger partial charge is 0.235 e. The highest BCUT2D eigenvalue weighted by molar-refractivity contribution is 7.92. The number of hydrogen-bond acceptors (Lipinski definition) is 3. The summed E-state index contributed by atoms with van der Waals surface area (Å²) in [5.74, 6) is 0.178. The summed E-state index contributed by atoms with van der Waals surface area (Å²) in [4.78, 5) is 11.4. The molecule has 1 heterocycles. The highest BCUT2D eigenvalue weighted by Gasteiger charge is 2.26. The minimum Gasteiger partial charge on any atom is -0.295 e. The summed E-state index contributed by atoms with van der Waals surface area (Å²) < 4.78 is 26.0. The van der Waals surface area contributed by atoms with Crippen LogP contribution in [0.15, 0.2) is 18.2 Å². The maximum absolute atomic E-state index is 12.2. The highest BCUT2D eigenvalue weighted by atomic mass is 32.2. The third-order valence-electron chi connectivity index (χ3n) is 3.36. The third kappa shape index (κ3) is 2.81. The summed E-state index contributed by atoms with van der Waals surface area (Å²) >= 11 is 0. The Morgan fingerprint density at radius 3 is 2.74 bits per heavy atom. The number of hydrogen-bond donors (Lipinski definition) is 0. The first-order valence-electron chi connectivity index (χ1n) is 6.60. The summed E-state index contributed by atoms with van der Waals surface area (Å²) in [6.45, 7) is 3.92. The molecule has 0 saturated carbocycles. The number of ketones is 1. The number of benzene rings is 1. The second kappa shape index (κ2) is 5.33. The van der Waals surface area contributed by atoms with Crippen LogP contribution in [0.4, 0.5) is 5.69 Å². The van der Waals surface area contributed by atoms with Crippen molar-refractivity contribution < 1.29 is 13.2 Å². The Morgan fingerprint density at radius 2 is 2.11 bits per heavy atom. The van der Waals surface area contributed by atoms with Crippen molar-refractivity contribution in [3.05, 3.63) is 29.3 Å². The highest BCUT2D eigenvalue weighted by Crippen LogP contribution is 2.30. The number of aryl methyl sites for hydroxylation is 1. The van der Waals surface area contributed by atoms with Gasteiger partial charge in [-0.3, -0.25) is 9.10 Å². The van der Waals surface area contributed by atoms with E-state index in [1.165, 1.54) is 11.2 Å². The summed E-state index contributed by atoms with van der Waals surface area (Å²) in [5.41, 5.74) is 2.34. The van der Waals surface area contributed by atoms with Crippen LogP contribution in [0, 0.1) is 0 Å². The lowest BCUT2D eigenvalue weighted by Crippen LogP contribution is -2.37. The molecule has 104 valence electrons. The Morgan fingerprint density at radius 1 is 1.37 bits per heavy atom. The molecule has 0 spiro atoms. The monoisotopic (exact) mass is 281 g/mol. The van der Waals surface area contributed by atoms with Crippen LogP contribution in [0.25, 0.3) is 0 Å². The molecule has 0 aliphatic carbocycles. The lowest BCUT2D eigenvalue weighted by Gasteiger charge is -2.30. The first kappa shape index (κ1) is 14.1. The van der Waals surface area contributed by atoms with Crippen molar-refractivity contribution in [2.75, 3.05) is 16.6 Å². The van der Waals surface area contributed by atoms with Gasteiger partial charge in [0.05, 0.1) is 11.4 Å². The maximum Gasteiger partial charge on any atom is 0.235 e. The van der Waals surface area contributed by atoms with Crippen molar-refractivity contribution >= 4 is 21.5 Å². The fourth-order valence-corrected chi connectivity index (χ4v) is 4.06. The van der Waals surface area contributed by atoms with E-state index >= 15 is 0 Å². The van der Waals surface area contributed by atoms with Crippen LogP contribution in [0.2, 0.25) is 0 Å². The molecule has 0 N–H and O–H groups in total. The van der Waals surface area contributed by atoms with E-state index in [4.69, 9.17) is 0 Å². The molecular formula is C14H19NO3S. The molecule has 1 aromatic carbocycles. The number of anilines is 1. The van der Waals surface area contributed by atoms with E-state index in [1.807, 2.05) is 13.0 Å². The van der Waals surface area contributed by atoms with Crippen LogP contribution < -0.4 is 4.31 Å². The van der Waals surface area contributed by atoms with Gasteiger partial charge in [-0.2, -0.15) is 0 Å². The van der Waals surface area contributed by atoms with Gasteiger partial charge in [0.2, 0.25) is 10.0 Å². The van der Waals surface area contributed by atoms with E-state index < -0.39 is 10.0 Å². The van der Waals surface area contributed by atoms with Gasteiger partial charge < -0.3 is 0 Å². The van der Waals surface area contributed by atoms with Gasteiger partial charge in [-0.1, -0.05) is 6.92 Å². The standard InChI is InChI=1S/C14H19NO3S/c1-3-9-19(17,18)15-8-4-5-13-10-12(11(2)16)6-7-14(13)15/h6-7,10H,3-5,8-9H2,1-2H3. The van der Waals surface area contributed by atoms with Gasteiger partial charge in [-0.25, -0.2) is 8.42 Å². The Bertz CT molecular complexity index is 593. The zero-order valence-electron chi connectivity index (χ0n) is 11.3. The molecule has 4 nitrogen and oxygen atoms in total. The molecule has 1 aromatic rings. The molecule has 0 amide bonds. The number of Topliss-reactive ketones (excluding diaryl/α,β-unsaturated/α-hetero) is 1. The zero-order valence-corrected chi connectivity index (χ0v) is 12.2. The molecule has 2 rings (SSSR count). The molecule has 19 heavy (non-hydrogen) atoms. The van der Waals surface area contributed by atoms with E-state index in [-0.39, 0.29) is 11.5 Å². The van der Waals surface area contributed by atoms with E-state index in [2.05, 4.69) is 0 Å². The summed E-state index contributed by atoms with van der Waals surface area (Å²) in [6.07, 6.45) is 2.24. The molecule has 0 aromatic heterocycles. The Kier molecular flexibility index (Phi) is 3.94. The molecule has 1 aliphatic rings. The van der Waals surface area contributed by atoms with Crippen LogP contribution in [-0.2, 0) is 16.4 Å². The van der Waals surface area contributed by atoms with Gasteiger partial charge in [0.25, 0.3) is 0 Å². The number of carbonyl (C=O) groups is 1. The minimum absolute atomic E-state index is 0.0105. The first-order valence-corrected chi connectivity index (χ1v) is 8.21. The minimum atomic E-state index is -3.23. The maximum atomic E-state index is 12.2. The van der Waals surface area contributed by atoms with Crippen LogP contribution in [-0.4, -0.2) is 26.5 Å². The topological polar surface area (TPSA) is 54.5 Å². The predicted molar refractivity (Wildman–Crippen MR) is 76.2 cm³/mol. The number of nitrogens with zero attached hydrogens (tertiary/aromatic N) is 1. The molecular weight excluding hydrogens is 262 g/mol. The Labute approximate surface area is 114 Å². The van der Waals surface area contributed by atoms with Crippen molar-refractivity contribution in [3.63, 3.8) is 0 Å². The van der Waals surface area contributed by atoms with E-state index in [9.17, 15) is 13.2 Å². The van der Waals surface area contributed by atoms with Crippen LogP contribution in [0.3, 0.4) is 0 Å². The molecule has 0 radical (unpaired) electrons. The summed E-state index contributed by atoms with van der Waals surface area (Å²) in [5, 5.41) is 0. The quantitative estimate of drug-likeness (QED) is 0.796. The van der Waals surface area contributed by atoms with Gasteiger partial charge in [-0.15, -0.1) is 0 Å². The number of carbonyl (C=O) groups excluding carboxylic acids is 1. The summed E-state index contributed by atoms with van der Waals surface area (Å²) in [6, 6.07) is 5.30. The SMILES string of the molecule is CCCS(=O)(=O)N1CCCc2cc(C(C)=O)ccc21. The normalized spacial score (nSPS) is 15.2. The lowest BCUT2D eigenvalue weighted by molar-refractivity contribution is 0.101. The van der Waals surface area contributed by atoms with Crippen molar-refractivity contribution in [1.82, 2.24) is 0 Å². The van der Waals surface area contributed by atoms with Gasteiger partial charge in [0, 0.05) is 12.1 Å². The molecule has 0 atom stereocenters. The number of fused-ring (bicyclic) bond motifs is 1. The average Bonchev–Trinajstić information content (AvgIpc) is 2.37. The molecule has 0 fully saturated rings. The second-order valence-electron chi connectivity index (χ2n) is 4.89. The van der Waals surface area contributed by atoms with Gasteiger partial charge in [-0.05, 0) is 49.9 Å². The fourth-order valence-electron chi connectivity index (χ4n) is 2.44. The van der Waals surface area contributed by atoms with Crippen molar-refractivity contribution in [2.45, 2.75) is 33.1 Å². The van der Waals surface area contributed by atoms with Crippen LogP contribution >= 0.6 is 0 Å². The number of rotatable bonds is 4. The Balaban J connectivity index is 2.43. The van der Waals surface area contributed by atoms with E-state index in [0.717, 1.165) is 24.1 Å². The molecule has 5 heteroatoms. The van der Waals surface area contributed by atoms with Crippen molar-refractivity contribution in [3.8, 4) is 0 Å². The lowest BCUT2D eigenvalue weighted by atomic mass is 9.99. The van der Waals surface area contributed by atoms with Crippen LogP contribution in [0.1, 0.15) is 42.6 Å². The average molecular weight is 281 g/mol. The summed E-state index contributed by atoms with van der Waals surface area (Å²) in [7, 11) is -3.23. The van der Waals surface area contributed by atoms with Crippen LogP contribution in [0.5, 0.6) is 0 Å². The third-order valence-corrected chi connectivity index (χ3v) is 5.33. The largest absolute Gasteiger partial charge is 0.295 e. The zero-order chi connectivity index (χ0) is 14.0. The predicted octanol–water partition coefficient (Wildman–Crippen LogP) is 2.38. The molecule has 0 unspecified atom stereocenters. The Hall–Kier alpha value is -1.36. The molecule has 1 aliphatic heterocycles. The molecule has 0 saturated heterocycles. The fraction of sp³-hybridized carbons (Fsp3) is 0.500.